The number of fused-ring (bicyclic) bond motifs is 1. The number of carbonyl (C=O) groups is 1. The molecule has 0 amide bonds. The standard InChI is InChI=1S/C13H6ClFN2O2S/c14-7-1-2-8(15)12-11(7)6(13(18)19)3-9(17-12)10-4-16-5-20-10/h1-5H,(H,18,19). The average Bonchev–Trinajstić information content (AvgIpc) is 2.96. The normalized spacial score (nSPS) is 10.9. The van der Waals surface area contributed by atoms with Gasteiger partial charge in [0.2, 0.25) is 0 Å². The van der Waals surface area contributed by atoms with Gasteiger partial charge in [0.1, 0.15) is 11.3 Å². The Kier molecular flexibility index (Phi) is 3.11. The molecule has 2 heterocycles. The number of carboxylic acid groups (broad SMARTS) is 1. The van der Waals surface area contributed by atoms with Gasteiger partial charge in [0.15, 0.2) is 0 Å². The van der Waals surface area contributed by atoms with E-state index in [9.17, 15) is 14.3 Å². The molecule has 0 aliphatic rings. The molecule has 7 heteroatoms. The van der Waals surface area contributed by atoms with Crippen LogP contribution in [0.4, 0.5) is 4.39 Å². The van der Waals surface area contributed by atoms with Gasteiger partial charge in [0, 0.05) is 11.6 Å². The molecule has 0 saturated carbocycles. The summed E-state index contributed by atoms with van der Waals surface area (Å²) < 4.78 is 13.9. The molecule has 0 saturated heterocycles. The predicted octanol–water partition coefficient (Wildman–Crippen LogP) is 3.85. The first-order chi connectivity index (χ1) is 9.58. The second-order valence-electron chi connectivity index (χ2n) is 3.98. The molecule has 20 heavy (non-hydrogen) atoms. The maximum absolute atomic E-state index is 13.9. The van der Waals surface area contributed by atoms with Crippen LogP contribution in [-0.4, -0.2) is 21.0 Å². The molecule has 0 radical (unpaired) electrons. The van der Waals surface area contributed by atoms with Crippen LogP contribution in [0.25, 0.3) is 21.5 Å². The molecular formula is C13H6ClFN2O2S. The predicted molar refractivity (Wildman–Crippen MR) is 74.8 cm³/mol. The lowest BCUT2D eigenvalue weighted by atomic mass is 10.1. The second kappa shape index (κ2) is 4.81. The van der Waals surface area contributed by atoms with E-state index in [2.05, 4.69) is 9.97 Å². The molecule has 1 aromatic carbocycles. The molecule has 2 aromatic heterocycles. The summed E-state index contributed by atoms with van der Waals surface area (Å²) in [6.07, 6.45) is 1.55. The summed E-state index contributed by atoms with van der Waals surface area (Å²) in [6, 6.07) is 3.86. The van der Waals surface area contributed by atoms with E-state index in [1.54, 1.807) is 11.7 Å². The summed E-state index contributed by atoms with van der Waals surface area (Å²) in [5, 5.41) is 9.56. The minimum atomic E-state index is -1.18. The molecule has 0 aliphatic carbocycles. The third-order valence-electron chi connectivity index (χ3n) is 2.78. The molecule has 0 fully saturated rings. The van der Waals surface area contributed by atoms with E-state index in [-0.39, 0.29) is 21.5 Å². The van der Waals surface area contributed by atoms with Gasteiger partial charge >= 0.3 is 5.97 Å². The molecule has 3 aromatic rings. The quantitative estimate of drug-likeness (QED) is 0.781. The van der Waals surface area contributed by atoms with E-state index in [1.807, 2.05) is 0 Å². The summed E-state index contributed by atoms with van der Waals surface area (Å²) in [5.41, 5.74) is 1.82. The lowest BCUT2D eigenvalue weighted by molar-refractivity contribution is 0.0699. The van der Waals surface area contributed by atoms with Crippen molar-refractivity contribution in [3.8, 4) is 10.6 Å². The van der Waals surface area contributed by atoms with Crippen LogP contribution in [0.1, 0.15) is 10.4 Å². The van der Waals surface area contributed by atoms with Crippen LogP contribution in [0.15, 0.2) is 29.9 Å². The number of nitrogens with zero attached hydrogens (tertiary/aromatic N) is 2. The molecular weight excluding hydrogens is 303 g/mol. The van der Waals surface area contributed by atoms with E-state index in [1.165, 1.54) is 29.5 Å². The molecule has 4 nitrogen and oxygen atoms in total. The number of benzene rings is 1. The Morgan fingerprint density at radius 3 is 2.85 bits per heavy atom. The number of carboxylic acids is 1. The Morgan fingerprint density at radius 2 is 2.20 bits per heavy atom. The summed E-state index contributed by atoms with van der Waals surface area (Å²) in [7, 11) is 0. The van der Waals surface area contributed by atoms with Crippen LogP contribution in [0, 0.1) is 5.82 Å². The van der Waals surface area contributed by atoms with Crippen LogP contribution in [0.2, 0.25) is 5.02 Å². The first-order valence-corrected chi connectivity index (χ1v) is 6.74. The number of thiazole rings is 1. The van der Waals surface area contributed by atoms with Crippen LogP contribution in [-0.2, 0) is 0 Å². The van der Waals surface area contributed by atoms with Crippen molar-refractivity contribution in [2.75, 3.05) is 0 Å². The number of aromatic nitrogens is 2. The smallest absolute Gasteiger partial charge is 0.336 e. The number of halogens is 2. The Morgan fingerprint density at radius 1 is 1.40 bits per heavy atom. The van der Waals surface area contributed by atoms with Crippen molar-refractivity contribution in [3.05, 3.63) is 46.3 Å². The van der Waals surface area contributed by atoms with Gasteiger partial charge in [-0.05, 0) is 18.2 Å². The minimum Gasteiger partial charge on any atom is -0.478 e. The molecule has 0 spiro atoms. The fourth-order valence-electron chi connectivity index (χ4n) is 1.91. The SMILES string of the molecule is O=C(O)c1cc(-c2cncs2)nc2c(F)ccc(Cl)c12. The van der Waals surface area contributed by atoms with Crippen LogP contribution in [0.5, 0.6) is 0 Å². The van der Waals surface area contributed by atoms with Crippen molar-refractivity contribution in [2.24, 2.45) is 0 Å². The zero-order chi connectivity index (χ0) is 14.3. The highest BCUT2D eigenvalue weighted by molar-refractivity contribution is 7.13. The molecule has 3 rings (SSSR count). The van der Waals surface area contributed by atoms with Crippen molar-refractivity contribution < 1.29 is 14.3 Å². The fraction of sp³-hybridized carbons (Fsp3) is 0. The fourth-order valence-corrected chi connectivity index (χ4v) is 2.74. The molecule has 0 unspecified atom stereocenters. The maximum atomic E-state index is 13.9. The van der Waals surface area contributed by atoms with Crippen molar-refractivity contribution in [2.45, 2.75) is 0 Å². The van der Waals surface area contributed by atoms with Crippen molar-refractivity contribution in [1.82, 2.24) is 9.97 Å². The molecule has 0 atom stereocenters. The van der Waals surface area contributed by atoms with Crippen molar-refractivity contribution in [1.29, 1.82) is 0 Å². The first-order valence-electron chi connectivity index (χ1n) is 5.49. The zero-order valence-electron chi connectivity index (χ0n) is 9.80. The highest BCUT2D eigenvalue weighted by Crippen LogP contribution is 2.32. The van der Waals surface area contributed by atoms with Crippen molar-refractivity contribution in [3.63, 3.8) is 0 Å². The van der Waals surface area contributed by atoms with Gasteiger partial charge < -0.3 is 5.11 Å². The second-order valence-corrected chi connectivity index (χ2v) is 5.27. The maximum Gasteiger partial charge on any atom is 0.336 e. The number of aromatic carboxylic acids is 1. The largest absolute Gasteiger partial charge is 0.478 e. The van der Waals surface area contributed by atoms with Gasteiger partial charge in [0.25, 0.3) is 0 Å². The third-order valence-corrected chi connectivity index (χ3v) is 3.89. The third kappa shape index (κ3) is 2.03. The number of hydrogen-bond donors (Lipinski definition) is 1. The number of rotatable bonds is 2. The highest BCUT2D eigenvalue weighted by atomic mass is 35.5. The first kappa shape index (κ1) is 13.0. The van der Waals surface area contributed by atoms with E-state index in [4.69, 9.17) is 11.6 Å². The van der Waals surface area contributed by atoms with Gasteiger partial charge in [0.05, 0.1) is 26.7 Å². The Bertz CT molecular complexity index is 821. The molecule has 100 valence electrons. The van der Waals surface area contributed by atoms with Crippen LogP contribution >= 0.6 is 22.9 Å². The zero-order valence-corrected chi connectivity index (χ0v) is 11.4. The lowest BCUT2D eigenvalue weighted by Crippen LogP contribution is -2.01. The van der Waals surface area contributed by atoms with Crippen LogP contribution in [0.3, 0.4) is 0 Å². The Hall–Kier alpha value is -2.05. The topological polar surface area (TPSA) is 63.1 Å². The summed E-state index contributed by atoms with van der Waals surface area (Å²) in [6.45, 7) is 0. The van der Waals surface area contributed by atoms with E-state index in [0.29, 0.717) is 10.6 Å². The highest BCUT2D eigenvalue weighted by Gasteiger charge is 2.18. The monoisotopic (exact) mass is 308 g/mol. The summed E-state index contributed by atoms with van der Waals surface area (Å²) in [5.74, 6) is -1.80. The molecule has 0 aliphatic heterocycles. The van der Waals surface area contributed by atoms with Crippen molar-refractivity contribution >= 4 is 39.8 Å². The number of hydrogen-bond acceptors (Lipinski definition) is 4. The van der Waals surface area contributed by atoms with E-state index >= 15 is 0 Å². The summed E-state index contributed by atoms with van der Waals surface area (Å²) >= 11 is 7.27. The Labute approximate surface area is 121 Å². The lowest BCUT2D eigenvalue weighted by Gasteiger charge is -2.07. The molecule has 0 bridgehead atoms. The van der Waals surface area contributed by atoms with E-state index < -0.39 is 11.8 Å². The van der Waals surface area contributed by atoms with Gasteiger partial charge in [-0.15, -0.1) is 11.3 Å². The van der Waals surface area contributed by atoms with Gasteiger partial charge in [-0.3, -0.25) is 4.98 Å². The van der Waals surface area contributed by atoms with E-state index in [0.717, 1.165) is 0 Å². The Balaban J connectivity index is 2.43. The van der Waals surface area contributed by atoms with Gasteiger partial charge in [-0.2, -0.15) is 0 Å². The van der Waals surface area contributed by atoms with Gasteiger partial charge in [-0.1, -0.05) is 11.6 Å². The van der Waals surface area contributed by atoms with Gasteiger partial charge in [-0.25, -0.2) is 14.2 Å². The summed E-state index contributed by atoms with van der Waals surface area (Å²) in [4.78, 5) is 20.1. The minimum absolute atomic E-state index is 0.0548. The van der Waals surface area contributed by atoms with Crippen LogP contribution < -0.4 is 0 Å². The average molecular weight is 309 g/mol. The molecule has 1 N–H and O–H groups in total. The number of pyridine rings is 1.